The second-order valence-corrected chi connectivity index (χ2v) is 4.52. The van der Waals surface area contributed by atoms with E-state index in [4.69, 9.17) is 15.2 Å². The Hall–Kier alpha value is -2.42. The molecule has 8 nitrogen and oxygen atoms in total. The van der Waals surface area contributed by atoms with Gasteiger partial charge in [0.2, 0.25) is 5.75 Å². The van der Waals surface area contributed by atoms with Crippen LogP contribution in [0, 0.1) is 10.1 Å². The maximum absolute atomic E-state index is 10.8. The number of halogens is 1. The molecular formula is C11H9BrN4O4. The van der Waals surface area contributed by atoms with E-state index in [9.17, 15) is 10.1 Å². The van der Waals surface area contributed by atoms with Gasteiger partial charge in [0.1, 0.15) is 12.1 Å². The first-order chi connectivity index (χ1) is 9.51. The van der Waals surface area contributed by atoms with Gasteiger partial charge in [-0.2, -0.15) is 4.98 Å². The van der Waals surface area contributed by atoms with Gasteiger partial charge in [0.15, 0.2) is 5.82 Å². The van der Waals surface area contributed by atoms with Crippen LogP contribution in [0.1, 0.15) is 0 Å². The standard InChI is InChI=1S/C11H9BrN4O4/c1-19-9-10(13)14-5-15-11(9)20-8-3-6(12)2-7(4-8)16(17)18/h2-5H,1H3,(H2,13,14,15). The predicted octanol–water partition coefficient (Wildman–Crippen LogP) is 2.53. The van der Waals surface area contributed by atoms with Crippen molar-refractivity contribution in [2.45, 2.75) is 0 Å². The van der Waals surface area contributed by atoms with Gasteiger partial charge in [-0.15, -0.1) is 0 Å². The van der Waals surface area contributed by atoms with E-state index in [2.05, 4.69) is 25.9 Å². The Labute approximate surface area is 121 Å². The molecule has 0 unspecified atom stereocenters. The quantitative estimate of drug-likeness (QED) is 0.671. The predicted molar refractivity (Wildman–Crippen MR) is 73.9 cm³/mol. The molecule has 0 aliphatic carbocycles. The van der Waals surface area contributed by atoms with Gasteiger partial charge in [0.25, 0.3) is 11.6 Å². The lowest BCUT2D eigenvalue weighted by Crippen LogP contribution is -2.00. The molecule has 20 heavy (non-hydrogen) atoms. The third kappa shape index (κ3) is 2.94. The molecule has 0 aliphatic heterocycles. The van der Waals surface area contributed by atoms with E-state index in [0.29, 0.717) is 4.47 Å². The monoisotopic (exact) mass is 340 g/mol. The number of anilines is 1. The number of nitro groups is 1. The van der Waals surface area contributed by atoms with Crippen molar-refractivity contribution in [3.05, 3.63) is 39.1 Å². The summed E-state index contributed by atoms with van der Waals surface area (Å²) in [5.74, 6) is 0.576. The highest BCUT2D eigenvalue weighted by atomic mass is 79.9. The van der Waals surface area contributed by atoms with Crippen LogP contribution < -0.4 is 15.2 Å². The lowest BCUT2D eigenvalue weighted by Gasteiger charge is -2.10. The van der Waals surface area contributed by atoms with E-state index in [1.807, 2.05) is 0 Å². The first-order valence-electron chi connectivity index (χ1n) is 5.28. The van der Waals surface area contributed by atoms with E-state index in [-0.39, 0.29) is 28.9 Å². The maximum Gasteiger partial charge on any atom is 0.274 e. The highest BCUT2D eigenvalue weighted by Gasteiger charge is 2.15. The number of nitrogens with zero attached hydrogens (tertiary/aromatic N) is 3. The van der Waals surface area contributed by atoms with Crippen LogP contribution in [0.3, 0.4) is 0 Å². The number of nitrogens with two attached hydrogens (primary N) is 1. The summed E-state index contributed by atoms with van der Waals surface area (Å²) in [6, 6.07) is 4.19. The number of aromatic nitrogens is 2. The molecule has 9 heteroatoms. The van der Waals surface area contributed by atoms with E-state index in [1.54, 1.807) is 6.07 Å². The van der Waals surface area contributed by atoms with Gasteiger partial charge in [-0.3, -0.25) is 10.1 Å². The van der Waals surface area contributed by atoms with Gasteiger partial charge in [-0.05, 0) is 6.07 Å². The van der Waals surface area contributed by atoms with Crippen molar-refractivity contribution < 1.29 is 14.4 Å². The van der Waals surface area contributed by atoms with Crippen LogP contribution in [-0.4, -0.2) is 22.0 Å². The van der Waals surface area contributed by atoms with Crippen molar-refractivity contribution in [1.82, 2.24) is 9.97 Å². The zero-order valence-corrected chi connectivity index (χ0v) is 11.8. The van der Waals surface area contributed by atoms with Crippen LogP contribution in [0.2, 0.25) is 0 Å². The second-order valence-electron chi connectivity index (χ2n) is 3.60. The van der Waals surface area contributed by atoms with Crippen molar-refractivity contribution in [3.63, 3.8) is 0 Å². The smallest absolute Gasteiger partial charge is 0.274 e. The van der Waals surface area contributed by atoms with Crippen molar-refractivity contribution in [2.24, 2.45) is 0 Å². The molecule has 0 aliphatic rings. The van der Waals surface area contributed by atoms with Gasteiger partial charge in [-0.25, -0.2) is 4.98 Å². The average molecular weight is 341 g/mol. The number of methoxy groups -OCH3 is 1. The van der Waals surface area contributed by atoms with Gasteiger partial charge in [0.05, 0.1) is 18.1 Å². The van der Waals surface area contributed by atoms with Crippen molar-refractivity contribution in [1.29, 1.82) is 0 Å². The lowest BCUT2D eigenvalue weighted by molar-refractivity contribution is -0.385. The zero-order valence-electron chi connectivity index (χ0n) is 10.2. The van der Waals surface area contributed by atoms with E-state index in [1.165, 1.54) is 25.6 Å². The third-order valence-corrected chi connectivity index (χ3v) is 2.74. The summed E-state index contributed by atoms with van der Waals surface area (Å²) >= 11 is 3.17. The lowest BCUT2D eigenvalue weighted by atomic mass is 10.3. The Morgan fingerprint density at radius 1 is 1.35 bits per heavy atom. The minimum absolute atomic E-state index is 0.0763. The molecule has 0 atom stereocenters. The largest absolute Gasteiger partial charge is 0.489 e. The molecule has 0 spiro atoms. The number of hydrogen-bond donors (Lipinski definition) is 1. The second kappa shape index (κ2) is 5.70. The Balaban J connectivity index is 2.40. The molecule has 1 aromatic carbocycles. The van der Waals surface area contributed by atoms with E-state index < -0.39 is 4.92 Å². The van der Waals surface area contributed by atoms with Crippen molar-refractivity contribution >= 4 is 27.4 Å². The van der Waals surface area contributed by atoms with Crippen LogP contribution in [0.4, 0.5) is 11.5 Å². The highest BCUT2D eigenvalue weighted by molar-refractivity contribution is 9.10. The molecule has 0 saturated heterocycles. The zero-order chi connectivity index (χ0) is 14.7. The number of non-ortho nitro benzene ring substituents is 1. The topological polar surface area (TPSA) is 113 Å². The maximum atomic E-state index is 10.8. The van der Waals surface area contributed by atoms with Gasteiger partial charge in [0, 0.05) is 10.5 Å². The highest BCUT2D eigenvalue weighted by Crippen LogP contribution is 2.34. The number of benzene rings is 1. The van der Waals surface area contributed by atoms with Gasteiger partial charge >= 0.3 is 0 Å². The van der Waals surface area contributed by atoms with Crippen molar-refractivity contribution in [2.75, 3.05) is 12.8 Å². The molecule has 0 bridgehead atoms. The van der Waals surface area contributed by atoms with Gasteiger partial charge < -0.3 is 15.2 Å². The fraction of sp³-hybridized carbons (Fsp3) is 0.0909. The number of ether oxygens (including phenoxy) is 2. The number of rotatable bonds is 4. The van der Waals surface area contributed by atoms with Crippen LogP contribution in [0.5, 0.6) is 17.4 Å². The Kier molecular flexibility index (Phi) is 3.99. The molecule has 2 rings (SSSR count). The number of hydrogen-bond acceptors (Lipinski definition) is 7. The Bertz CT molecular complexity index is 665. The van der Waals surface area contributed by atoms with E-state index in [0.717, 1.165) is 0 Å². The van der Waals surface area contributed by atoms with E-state index >= 15 is 0 Å². The fourth-order valence-corrected chi connectivity index (χ4v) is 1.92. The Morgan fingerprint density at radius 3 is 2.75 bits per heavy atom. The molecule has 0 radical (unpaired) electrons. The summed E-state index contributed by atoms with van der Waals surface area (Å²) < 4.78 is 11.0. The third-order valence-electron chi connectivity index (χ3n) is 2.28. The summed E-state index contributed by atoms with van der Waals surface area (Å²) in [6.07, 6.45) is 1.21. The minimum Gasteiger partial charge on any atom is -0.489 e. The molecule has 0 fully saturated rings. The minimum atomic E-state index is -0.525. The first kappa shape index (κ1) is 14.0. The number of nitrogen functional groups attached to an aromatic ring is 1. The summed E-state index contributed by atoms with van der Waals surface area (Å²) in [6.45, 7) is 0. The normalized spacial score (nSPS) is 10.1. The molecule has 2 N–H and O–H groups in total. The number of nitro benzene ring substituents is 1. The molecule has 1 heterocycles. The molecule has 2 aromatic rings. The van der Waals surface area contributed by atoms with Crippen LogP contribution >= 0.6 is 15.9 Å². The summed E-state index contributed by atoms with van der Waals surface area (Å²) in [4.78, 5) is 17.9. The average Bonchev–Trinajstić information content (AvgIpc) is 2.38. The summed E-state index contributed by atoms with van der Waals surface area (Å²) in [7, 11) is 1.39. The van der Waals surface area contributed by atoms with Gasteiger partial charge in [-0.1, -0.05) is 15.9 Å². The van der Waals surface area contributed by atoms with Crippen molar-refractivity contribution in [3.8, 4) is 17.4 Å². The van der Waals surface area contributed by atoms with Crippen LogP contribution in [0.25, 0.3) is 0 Å². The fourth-order valence-electron chi connectivity index (χ4n) is 1.46. The van der Waals surface area contributed by atoms with Crippen LogP contribution in [-0.2, 0) is 0 Å². The molecule has 1 aromatic heterocycles. The van der Waals surface area contributed by atoms with Crippen LogP contribution in [0.15, 0.2) is 29.0 Å². The molecule has 0 saturated carbocycles. The Morgan fingerprint density at radius 2 is 2.10 bits per heavy atom. The molecule has 0 amide bonds. The summed E-state index contributed by atoms with van der Waals surface area (Å²) in [5, 5.41) is 10.8. The molecular weight excluding hydrogens is 332 g/mol. The SMILES string of the molecule is COc1c(N)ncnc1Oc1cc(Br)cc([N+](=O)[O-])c1. The molecule has 104 valence electrons. The summed E-state index contributed by atoms with van der Waals surface area (Å²) in [5.41, 5.74) is 5.50. The first-order valence-corrected chi connectivity index (χ1v) is 6.08.